The maximum Gasteiger partial charge on any atom is 0.129 e. The molecule has 1 heterocycles. The van der Waals surface area contributed by atoms with Crippen LogP contribution in [0.4, 0.5) is 5.69 Å². The number of aliphatic hydroxyl groups excluding tert-OH is 1. The highest BCUT2D eigenvalue weighted by atomic mass is 16.2. The van der Waals surface area contributed by atoms with Crippen LogP contribution in [0.15, 0.2) is 79.0 Å². The lowest BCUT2D eigenvalue weighted by atomic mass is 9.78. The van der Waals surface area contributed by atoms with Gasteiger partial charge in [-0.15, -0.1) is 0 Å². The topological polar surface area (TPSA) is 72.0 Å². The summed E-state index contributed by atoms with van der Waals surface area (Å²) in [6, 6.07) is 25.2. The number of aromatic nitrogens is 2. The van der Waals surface area contributed by atoms with Crippen molar-refractivity contribution in [3.05, 3.63) is 113 Å². The van der Waals surface area contributed by atoms with Gasteiger partial charge < -0.3 is 10.8 Å². The van der Waals surface area contributed by atoms with E-state index in [9.17, 15) is 0 Å². The average molecular weight is 422 g/mol. The molecule has 1 aliphatic rings. The first-order valence-electron chi connectivity index (χ1n) is 11.2. The molecule has 32 heavy (non-hydrogen) atoms. The van der Waals surface area contributed by atoms with Crippen LogP contribution >= 0.6 is 0 Å². The maximum absolute atomic E-state index is 9.08. The minimum atomic E-state index is 0.184. The summed E-state index contributed by atoms with van der Waals surface area (Å²) < 4.78 is 0. The number of fused-ring (bicyclic) bond motifs is 3. The first-order chi connectivity index (χ1) is 15.7. The smallest absolute Gasteiger partial charge is 0.129 e. The van der Waals surface area contributed by atoms with Crippen molar-refractivity contribution in [3.63, 3.8) is 0 Å². The number of nitrogens with zero attached hydrogens (tertiary/aromatic N) is 2. The number of benzene rings is 3. The van der Waals surface area contributed by atoms with Crippen LogP contribution in [0, 0.1) is 0 Å². The Hall–Kier alpha value is -3.50. The molecule has 4 nitrogen and oxygen atoms in total. The van der Waals surface area contributed by atoms with Gasteiger partial charge in [0.15, 0.2) is 0 Å². The Morgan fingerprint density at radius 1 is 0.844 bits per heavy atom. The first kappa shape index (κ1) is 20.4. The summed E-state index contributed by atoms with van der Waals surface area (Å²) in [5.74, 6) is 1.16. The number of aliphatic hydroxyl groups is 1. The standard InChI is InChI=1S/C28H27N3O/c29-23-12-10-21(11-13-23)26-17-22-18-30-27(31-28(22)25-4-2-1-3-24(25)26)14-9-19-5-7-20(8-6-19)15-16-32/h1-8,10-13,18,26,32H,9,14-17,29H2. The lowest BCUT2D eigenvalue weighted by Crippen LogP contribution is -2.15. The monoisotopic (exact) mass is 421 g/mol. The summed E-state index contributed by atoms with van der Waals surface area (Å²) in [6.07, 6.45) is 5.31. The fraction of sp³-hybridized carbons (Fsp3) is 0.214. The highest BCUT2D eigenvalue weighted by molar-refractivity contribution is 5.71. The molecule has 0 bridgehead atoms. The molecule has 4 heteroatoms. The Kier molecular flexibility index (Phi) is 5.70. The molecule has 1 aliphatic carbocycles. The van der Waals surface area contributed by atoms with Gasteiger partial charge in [0.2, 0.25) is 0 Å². The van der Waals surface area contributed by atoms with Crippen molar-refractivity contribution in [1.29, 1.82) is 0 Å². The van der Waals surface area contributed by atoms with Gasteiger partial charge in [-0.25, -0.2) is 9.97 Å². The highest BCUT2D eigenvalue weighted by Crippen LogP contribution is 2.41. The van der Waals surface area contributed by atoms with Crippen molar-refractivity contribution in [2.75, 3.05) is 12.3 Å². The second kappa shape index (κ2) is 8.93. The van der Waals surface area contributed by atoms with Gasteiger partial charge in [-0.1, -0.05) is 60.7 Å². The fourth-order valence-electron chi connectivity index (χ4n) is 4.58. The number of hydrogen-bond acceptors (Lipinski definition) is 4. The Morgan fingerprint density at radius 3 is 2.31 bits per heavy atom. The third-order valence-electron chi connectivity index (χ3n) is 6.33. The van der Waals surface area contributed by atoms with Gasteiger partial charge in [0.1, 0.15) is 5.82 Å². The Labute approximate surface area is 188 Å². The molecule has 0 fully saturated rings. The summed E-state index contributed by atoms with van der Waals surface area (Å²) in [5.41, 5.74) is 15.2. The van der Waals surface area contributed by atoms with E-state index < -0.39 is 0 Å². The van der Waals surface area contributed by atoms with E-state index in [2.05, 4.69) is 60.7 Å². The van der Waals surface area contributed by atoms with Gasteiger partial charge >= 0.3 is 0 Å². The Morgan fingerprint density at radius 2 is 1.56 bits per heavy atom. The van der Waals surface area contributed by atoms with E-state index in [0.29, 0.717) is 6.42 Å². The molecule has 5 rings (SSSR count). The van der Waals surface area contributed by atoms with Gasteiger partial charge in [-0.3, -0.25) is 0 Å². The third kappa shape index (κ3) is 4.14. The molecule has 1 atom stereocenters. The predicted octanol–water partition coefficient (Wildman–Crippen LogP) is 4.73. The van der Waals surface area contributed by atoms with Crippen LogP contribution in [0.1, 0.15) is 39.6 Å². The second-order valence-electron chi connectivity index (χ2n) is 8.46. The lowest BCUT2D eigenvalue weighted by Gasteiger charge is -2.27. The average Bonchev–Trinajstić information content (AvgIpc) is 2.84. The summed E-state index contributed by atoms with van der Waals surface area (Å²) in [4.78, 5) is 9.70. The molecule has 1 aromatic heterocycles. The number of nitrogen functional groups attached to an aromatic ring is 1. The van der Waals surface area contributed by atoms with Crippen LogP contribution in [0.2, 0.25) is 0 Å². The van der Waals surface area contributed by atoms with Crippen molar-refractivity contribution in [3.8, 4) is 11.3 Å². The molecule has 160 valence electrons. The summed E-state index contributed by atoms with van der Waals surface area (Å²) >= 11 is 0. The van der Waals surface area contributed by atoms with Gasteiger partial charge in [-0.05, 0) is 59.2 Å². The number of aryl methyl sites for hydroxylation is 2. The molecular formula is C28H27N3O. The normalized spacial score (nSPS) is 14.6. The molecule has 3 N–H and O–H groups in total. The van der Waals surface area contributed by atoms with E-state index in [1.165, 1.54) is 27.8 Å². The van der Waals surface area contributed by atoms with Crippen molar-refractivity contribution in [2.24, 2.45) is 0 Å². The Balaban J connectivity index is 1.40. The maximum atomic E-state index is 9.08. The zero-order valence-corrected chi connectivity index (χ0v) is 18.0. The molecule has 0 radical (unpaired) electrons. The van der Waals surface area contributed by atoms with Crippen LogP contribution in [0.5, 0.6) is 0 Å². The molecular weight excluding hydrogens is 394 g/mol. The molecule has 0 saturated heterocycles. The summed E-state index contributed by atoms with van der Waals surface area (Å²) in [6.45, 7) is 0.184. The minimum Gasteiger partial charge on any atom is -0.399 e. The molecule has 4 aromatic rings. The van der Waals surface area contributed by atoms with E-state index >= 15 is 0 Å². The van der Waals surface area contributed by atoms with Gasteiger partial charge in [0.05, 0.1) is 5.69 Å². The van der Waals surface area contributed by atoms with Crippen molar-refractivity contribution < 1.29 is 5.11 Å². The highest BCUT2D eigenvalue weighted by Gasteiger charge is 2.27. The molecule has 0 amide bonds. The van der Waals surface area contributed by atoms with Gasteiger partial charge in [0, 0.05) is 36.4 Å². The van der Waals surface area contributed by atoms with Crippen molar-refractivity contribution in [1.82, 2.24) is 9.97 Å². The molecule has 1 unspecified atom stereocenters. The Bertz CT molecular complexity index is 1220. The number of hydrogen-bond donors (Lipinski definition) is 2. The first-order valence-corrected chi connectivity index (χ1v) is 11.2. The van der Waals surface area contributed by atoms with E-state index in [0.717, 1.165) is 42.0 Å². The van der Waals surface area contributed by atoms with Crippen LogP contribution in [0.3, 0.4) is 0 Å². The van der Waals surface area contributed by atoms with E-state index in [4.69, 9.17) is 20.8 Å². The number of nitrogens with two attached hydrogens (primary N) is 1. The van der Waals surface area contributed by atoms with E-state index in [1.807, 2.05) is 18.3 Å². The number of anilines is 1. The van der Waals surface area contributed by atoms with Crippen molar-refractivity contribution in [2.45, 2.75) is 31.6 Å². The van der Waals surface area contributed by atoms with Gasteiger partial charge in [0.25, 0.3) is 0 Å². The quantitative estimate of drug-likeness (QED) is 0.441. The van der Waals surface area contributed by atoms with Crippen LogP contribution in [-0.4, -0.2) is 21.7 Å². The summed E-state index contributed by atoms with van der Waals surface area (Å²) in [5, 5.41) is 9.08. The number of rotatable bonds is 6. The third-order valence-corrected chi connectivity index (χ3v) is 6.33. The zero-order chi connectivity index (χ0) is 21.9. The molecule has 0 spiro atoms. The molecule has 3 aromatic carbocycles. The SMILES string of the molecule is Nc1ccc(C2Cc3cnc(CCc4ccc(CCO)cc4)nc3-c3ccccc32)cc1. The fourth-order valence-corrected chi connectivity index (χ4v) is 4.58. The van der Waals surface area contributed by atoms with Crippen molar-refractivity contribution >= 4 is 5.69 Å². The van der Waals surface area contributed by atoms with Crippen LogP contribution in [0.25, 0.3) is 11.3 Å². The lowest BCUT2D eigenvalue weighted by molar-refractivity contribution is 0.299. The second-order valence-corrected chi connectivity index (χ2v) is 8.46. The zero-order valence-electron chi connectivity index (χ0n) is 18.0. The summed E-state index contributed by atoms with van der Waals surface area (Å²) in [7, 11) is 0. The van der Waals surface area contributed by atoms with Crippen LogP contribution in [-0.2, 0) is 25.7 Å². The predicted molar refractivity (Wildman–Crippen MR) is 129 cm³/mol. The molecule has 0 aliphatic heterocycles. The van der Waals surface area contributed by atoms with Gasteiger partial charge in [-0.2, -0.15) is 0 Å². The molecule has 0 saturated carbocycles. The minimum absolute atomic E-state index is 0.184. The van der Waals surface area contributed by atoms with Crippen LogP contribution < -0.4 is 5.73 Å². The van der Waals surface area contributed by atoms with E-state index in [1.54, 1.807) is 0 Å². The largest absolute Gasteiger partial charge is 0.399 e. The van der Waals surface area contributed by atoms with E-state index in [-0.39, 0.29) is 12.5 Å².